The SMILES string of the molecule is O=c1ccncn1CC1CCN(c2cc(C3CC3)ncn2)CC1. The van der Waals surface area contributed by atoms with Crippen molar-refractivity contribution in [1.82, 2.24) is 19.5 Å². The summed E-state index contributed by atoms with van der Waals surface area (Å²) in [7, 11) is 0. The molecule has 1 saturated carbocycles. The van der Waals surface area contributed by atoms with E-state index in [0.29, 0.717) is 11.8 Å². The summed E-state index contributed by atoms with van der Waals surface area (Å²) in [6.07, 6.45) is 9.56. The number of aromatic nitrogens is 4. The van der Waals surface area contributed by atoms with Crippen molar-refractivity contribution in [1.29, 1.82) is 0 Å². The maximum atomic E-state index is 11.8. The van der Waals surface area contributed by atoms with E-state index in [0.717, 1.165) is 38.3 Å². The Bertz CT molecular complexity index is 732. The number of nitrogens with zero attached hydrogens (tertiary/aromatic N) is 5. The third-order valence-electron chi connectivity index (χ3n) is 4.86. The minimum atomic E-state index is 0.0345. The Balaban J connectivity index is 1.38. The molecule has 0 atom stereocenters. The highest BCUT2D eigenvalue weighted by Gasteiger charge is 2.27. The van der Waals surface area contributed by atoms with Gasteiger partial charge >= 0.3 is 0 Å². The van der Waals surface area contributed by atoms with Gasteiger partial charge in [-0.05, 0) is 31.6 Å². The number of piperidine rings is 1. The first kappa shape index (κ1) is 14.4. The summed E-state index contributed by atoms with van der Waals surface area (Å²) < 4.78 is 1.72. The van der Waals surface area contributed by atoms with Crippen LogP contribution in [0.1, 0.15) is 37.3 Å². The molecule has 0 unspecified atom stereocenters. The predicted molar refractivity (Wildman–Crippen MR) is 87.4 cm³/mol. The van der Waals surface area contributed by atoms with Crippen LogP contribution in [-0.4, -0.2) is 32.6 Å². The molecule has 0 bridgehead atoms. The normalized spacial score (nSPS) is 19.0. The van der Waals surface area contributed by atoms with Gasteiger partial charge in [0.15, 0.2) is 0 Å². The van der Waals surface area contributed by atoms with Gasteiger partial charge in [-0.3, -0.25) is 9.36 Å². The van der Waals surface area contributed by atoms with Crippen molar-refractivity contribution in [2.75, 3.05) is 18.0 Å². The molecule has 6 nitrogen and oxygen atoms in total. The van der Waals surface area contributed by atoms with E-state index in [4.69, 9.17) is 0 Å². The van der Waals surface area contributed by atoms with Crippen molar-refractivity contribution in [3.63, 3.8) is 0 Å². The average Bonchev–Trinajstić information content (AvgIpc) is 3.43. The molecule has 1 aliphatic carbocycles. The Morgan fingerprint density at radius 1 is 1.13 bits per heavy atom. The van der Waals surface area contributed by atoms with Gasteiger partial charge < -0.3 is 4.90 Å². The van der Waals surface area contributed by atoms with E-state index < -0.39 is 0 Å². The fourth-order valence-corrected chi connectivity index (χ4v) is 3.28. The van der Waals surface area contributed by atoms with Crippen LogP contribution in [0.25, 0.3) is 0 Å². The second-order valence-electron chi connectivity index (χ2n) is 6.58. The molecular formula is C17H21N5O. The van der Waals surface area contributed by atoms with Gasteiger partial charge in [-0.25, -0.2) is 15.0 Å². The molecular weight excluding hydrogens is 290 g/mol. The van der Waals surface area contributed by atoms with Crippen LogP contribution in [-0.2, 0) is 6.54 Å². The van der Waals surface area contributed by atoms with E-state index in [1.165, 1.54) is 24.6 Å². The first-order valence-corrected chi connectivity index (χ1v) is 8.37. The minimum absolute atomic E-state index is 0.0345. The maximum Gasteiger partial charge on any atom is 0.253 e. The molecule has 0 amide bonds. The summed E-state index contributed by atoms with van der Waals surface area (Å²) in [6.45, 7) is 2.74. The van der Waals surface area contributed by atoms with Crippen LogP contribution in [0, 0.1) is 5.92 Å². The molecule has 23 heavy (non-hydrogen) atoms. The van der Waals surface area contributed by atoms with E-state index in [-0.39, 0.29) is 5.56 Å². The summed E-state index contributed by atoms with van der Waals surface area (Å²) in [5, 5.41) is 0. The van der Waals surface area contributed by atoms with Crippen LogP contribution in [0.3, 0.4) is 0 Å². The first-order chi connectivity index (χ1) is 11.3. The van der Waals surface area contributed by atoms with Gasteiger partial charge in [0.25, 0.3) is 5.56 Å². The standard InChI is InChI=1S/C17H21N5O/c23-17-3-6-18-12-22(17)10-13-4-7-21(8-5-13)16-9-15(14-1-2-14)19-11-20-16/h3,6,9,11-14H,1-2,4-5,7-8,10H2. The minimum Gasteiger partial charge on any atom is -0.356 e. The summed E-state index contributed by atoms with van der Waals surface area (Å²) in [5.74, 6) is 2.24. The van der Waals surface area contributed by atoms with E-state index in [9.17, 15) is 4.79 Å². The molecule has 3 heterocycles. The quantitative estimate of drug-likeness (QED) is 0.862. The van der Waals surface area contributed by atoms with Gasteiger partial charge in [0.1, 0.15) is 12.1 Å². The lowest BCUT2D eigenvalue weighted by Crippen LogP contribution is -2.36. The topological polar surface area (TPSA) is 63.9 Å². The molecule has 0 N–H and O–H groups in total. The van der Waals surface area contributed by atoms with Crippen LogP contribution in [0.5, 0.6) is 0 Å². The summed E-state index contributed by atoms with van der Waals surface area (Å²) in [5.41, 5.74) is 1.23. The van der Waals surface area contributed by atoms with Gasteiger partial charge in [-0.2, -0.15) is 0 Å². The molecule has 1 aliphatic heterocycles. The molecule has 2 aliphatic rings. The van der Waals surface area contributed by atoms with Crippen molar-refractivity contribution in [2.45, 2.75) is 38.1 Å². The summed E-state index contributed by atoms with van der Waals surface area (Å²) in [6, 6.07) is 3.68. The molecule has 2 aromatic rings. The van der Waals surface area contributed by atoms with Crippen molar-refractivity contribution >= 4 is 5.82 Å². The number of anilines is 1. The Morgan fingerprint density at radius 2 is 1.96 bits per heavy atom. The van der Waals surface area contributed by atoms with E-state index in [1.807, 2.05) is 0 Å². The molecule has 0 aromatic carbocycles. The third kappa shape index (κ3) is 3.25. The van der Waals surface area contributed by atoms with Crippen LogP contribution in [0.4, 0.5) is 5.82 Å². The lowest BCUT2D eigenvalue weighted by molar-refractivity contribution is 0.350. The second-order valence-corrected chi connectivity index (χ2v) is 6.58. The highest BCUT2D eigenvalue weighted by molar-refractivity contribution is 5.40. The summed E-state index contributed by atoms with van der Waals surface area (Å²) >= 11 is 0. The van der Waals surface area contributed by atoms with Gasteiger partial charge in [0, 0.05) is 49.6 Å². The largest absolute Gasteiger partial charge is 0.356 e. The highest BCUT2D eigenvalue weighted by atomic mass is 16.1. The lowest BCUT2D eigenvalue weighted by Gasteiger charge is -2.33. The Hall–Kier alpha value is -2.24. The second kappa shape index (κ2) is 6.10. The molecule has 4 rings (SSSR count). The van der Waals surface area contributed by atoms with Crippen LogP contribution < -0.4 is 10.5 Å². The van der Waals surface area contributed by atoms with Crippen molar-refractivity contribution in [2.24, 2.45) is 5.92 Å². The zero-order chi connectivity index (χ0) is 15.6. The molecule has 120 valence electrons. The number of hydrogen-bond acceptors (Lipinski definition) is 5. The van der Waals surface area contributed by atoms with Gasteiger partial charge in [0.05, 0.1) is 6.33 Å². The van der Waals surface area contributed by atoms with Crippen LogP contribution in [0.2, 0.25) is 0 Å². The molecule has 0 spiro atoms. The van der Waals surface area contributed by atoms with Crippen LogP contribution >= 0.6 is 0 Å². The molecule has 6 heteroatoms. The smallest absolute Gasteiger partial charge is 0.253 e. The zero-order valence-electron chi connectivity index (χ0n) is 13.1. The molecule has 0 radical (unpaired) electrons. The Labute approximate surface area is 135 Å². The zero-order valence-corrected chi connectivity index (χ0v) is 13.1. The first-order valence-electron chi connectivity index (χ1n) is 8.37. The average molecular weight is 311 g/mol. The molecule has 1 saturated heterocycles. The Kier molecular flexibility index (Phi) is 3.81. The molecule has 2 fully saturated rings. The third-order valence-corrected chi connectivity index (χ3v) is 4.86. The number of rotatable bonds is 4. The lowest BCUT2D eigenvalue weighted by atomic mass is 9.96. The highest BCUT2D eigenvalue weighted by Crippen LogP contribution is 2.39. The fraction of sp³-hybridized carbons (Fsp3) is 0.529. The van der Waals surface area contributed by atoms with Gasteiger partial charge in [-0.1, -0.05) is 0 Å². The van der Waals surface area contributed by atoms with E-state index >= 15 is 0 Å². The van der Waals surface area contributed by atoms with E-state index in [1.54, 1.807) is 23.4 Å². The van der Waals surface area contributed by atoms with E-state index in [2.05, 4.69) is 25.9 Å². The number of hydrogen-bond donors (Lipinski definition) is 0. The van der Waals surface area contributed by atoms with Gasteiger partial charge in [0.2, 0.25) is 0 Å². The van der Waals surface area contributed by atoms with Crippen LogP contribution in [0.15, 0.2) is 35.8 Å². The monoisotopic (exact) mass is 311 g/mol. The van der Waals surface area contributed by atoms with Crippen molar-refractivity contribution < 1.29 is 0 Å². The van der Waals surface area contributed by atoms with Crippen molar-refractivity contribution in [3.05, 3.63) is 47.0 Å². The molecule has 2 aromatic heterocycles. The van der Waals surface area contributed by atoms with Gasteiger partial charge in [-0.15, -0.1) is 0 Å². The summed E-state index contributed by atoms with van der Waals surface area (Å²) in [4.78, 5) is 27.0. The van der Waals surface area contributed by atoms with Crippen molar-refractivity contribution in [3.8, 4) is 0 Å². The predicted octanol–water partition coefficient (Wildman–Crippen LogP) is 1.83. The fourth-order valence-electron chi connectivity index (χ4n) is 3.28. The Morgan fingerprint density at radius 3 is 2.70 bits per heavy atom. The maximum absolute atomic E-state index is 11.8.